The van der Waals surface area contributed by atoms with Crippen LogP contribution in [0.25, 0.3) is 0 Å². The standard InChI is InChI=1S/C16H34N2/c1-6-14-7-9-15(10-8-14)17-12-16(18(4)5)11-13(2)3/h13-17H,6-12H2,1-5H3. The van der Waals surface area contributed by atoms with Gasteiger partial charge < -0.3 is 10.2 Å². The molecule has 1 unspecified atom stereocenters. The maximum absolute atomic E-state index is 3.81. The summed E-state index contributed by atoms with van der Waals surface area (Å²) in [6.07, 6.45) is 8.32. The molecule has 0 aromatic heterocycles. The first kappa shape index (κ1) is 16.0. The molecular formula is C16H34N2. The second-order valence-electron chi connectivity index (χ2n) is 6.78. The molecule has 1 aliphatic rings. The molecule has 2 nitrogen and oxygen atoms in total. The molecule has 1 fully saturated rings. The molecular weight excluding hydrogens is 220 g/mol. The van der Waals surface area contributed by atoms with Crippen LogP contribution in [0.1, 0.15) is 59.3 Å². The predicted octanol–water partition coefficient (Wildman–Crippen LogP) is 3.52. The van der Waals surface area contributed by atoms with Crippen LogP contribution in [-0.2, 0) is 0 Å². The lowest BCUT2D eigenvalue weighted by Crippen LogP contribution is -2.43. The summed E-state index contributed by atoms with van der Waals surface area (Å²) >= 11 is 0. The normalized spacial score (nSPS) is 26.8. The van der Waals surface area contributed by atoms with Crippen molar-refractivity contribution < 1.29 is 0 Å². The third-order valence-electron chi connectivity index (χ3n) is 4.54. The Labute approximate surface area is 115 Å². The van der Waals surface area contributed by atoms with Crippen molar-refractivity contribution in [3.63, 3.8) is 0 Å². The molecule has 1 aliphatic carbocycles. The van der Waals surface area contributed by atoms with Gasteiger partial charge in [0, 0.05) is 18.6 Å². The minimum atomic E-state index is 0.689. The van der Waals surface area contributed by atoms with Crippen molar-refractivity contribution in [2.45, 2.75) is 71.4 Å². The lowest BCUT2D eigenvalue weighted by atomic mass is 9.84. The van der Waals surface area contributed by atoms with Crippen molar-refractivity contribution >= 4 is 0 Å². The van der Waals surface area contributed by atoms with Crippen LogP contribution in [0.3, 0.4) is 0 Å². The highest BCUT2D eigenvalue weighted by Crippen LogP contribution is 2.26. The Hall–Kier alpha value is -0.0800. The van der Waals surface area contributed by atoms with Crippen LogP contribution in [-0.4, -0.2) is 37.6 Å². The highest BCUT2D eigenvalue weighted by atomic mass is 15.1. The number of rotatable bonds is 7. The third-order valence-corrected chi connectivity index (χ3v) is 4.54. The Morgan fingerprint density at radius 3 is 2.17 bits per heavy atom. The van der Waals surface area contributed by atoms with E-state index >= 15 is 0 Å². The lowest BCUT2D eigenvalue weighted by molar-refractivity contribution is 0.221. The van der Waals surface area contributed by atoms with Gasteiger partial charge in [-0.1, -0.05) is 27.2 Å². The Morgan fingerprint density at radius 2 is 1.72 bits per heavy atom. The fourth-order valence-electron chi connectivity index (χ4n) is 3.10. The van der Waals surface area contributed by atoms with E-state index in [0.29, 0.717) is 6.04 Å². The monoisotopic (exact) mass is 254 g/mol. The largest absolute Gasteiger partial charge is 0.312 e. The topological polar surface area (TPSA) is 15.3 Å². The number of likely N-dealkylation sites (N-methyl/N-ethyl adjacent to an activating group) is 1. The molecule has 1 atom stereocenters. The fourth-order valence-corrected chi connectivity index (χ4v) is 3.10. The van der Waals surface area contributed by atoms with Gasteiger partial charge in [0.15, 0.2) is 0 Å². The van der Waals surface area contributed by atoms with Gasteiger partial charge >= 0.3 is 0 Å². The van der Waals surface area contributed by atoms with E-state index in [9.17, 15) is 0 Å². The number of hydrogen-bond acceptors (Lipinski definition) is 2. The molecule has 0 heterocycles. The molecule has 1 rings (SSSR count). The van der Waals surface area contributed by atoms with Crippen molar-refractivity contribution in [3.8, 4) is 0 Å². The highest BCUT2D eigenvalue weighted by molar-refractivity contribution is 4.79. The zero-order valence-electron chi connectivity index (χ0n) is 13.2. The number of nitrogens with one attached hydrogen (secondary N) is 1. The van der Waals surface area contributed by atoms with E-state index in [2.05, 4.69) is 45.1 Å². The molecule has 2 heteroatoms. The van der Waals surface area contributed by atoms with Crippen LogP contribution < -0.4 is 5.32 Å². The lowest BCUT2D eigenvalue weighted by Gasteiger charge is -2.32. The zero-order valence-corrected chi connectivity index (χ0v) is 13.2. The summed E-state index contributed by atoms with van der Waals surface area (Å²) in [6, 6.07) is 1.47. The van der Waals surface area contributed by atoms with Gasteiger partial charge in [-0.25, -0.2) is 0 Å². The van der Waals surface area contributed by atoms with E-state index in [1.165, 1.54) is 38.5 Å². The van der Waals surface area contributed by atoms with Gasteiger partial charge in [-0.05, 0) is 58.0 Å². The predicted molar refractivity (Wildman–Crippen MR) is 81.0 cm³/mol. The maximum Gasteiger partial charge on any atom is 0.0217 e. The van der Waals surface area contributed by atoms with E-state index in [4.69, 9.17) is 0 Å². The van der Waals surface area contributed by atoms with Gasteiger partial charge in [-0.15, -0.1) is 0 Å². The molecule has 108 valence electrons. The molecule has 0 aliphatic heterocycles. The van der Waals surface area contributed by atoms with Crippen molar-refractivity contribution in [2.24, 2.45) is 11.8 Å². The van der Waals surface area contributed by atoms with E-state index in [0.717, 1.165) is 24.4 Å². The van der Waals surface area contributed by atoms with Crippen molar-refractivity contribution in [3.05, 3.63) is 0 Å². The van der Waals surface area contributed by atoms with E-state index in [1.54, 1.807) is 0 Å². The van der Waals surface area contributed by atoms with Crippen molar-refractivity contribution in [2.75, 3.05) is 20.6 Å². The average molecular weight is 254 g/mol. The van der Waals surface area contributed by atoms with Gasteiger partial charge in [0.2, 0.25) is 0 Å². The second-order valence-corrected chi connectivity index (χ2v) is 6.78. The molecule has 0 radical (unpaired) electrons. The molecule has 0 amide bonds. The van der Waals surface area contributed by atoms with Crippen LogP contribution in [0, 0.1) is 11.8 Å². The van der Waals surface area contributed by atoms with Gasteiger partial charge in [0.1, 0.15) is 0 Å². The van der Waals surface area contributed by atoms with Crippen LogP contribution >= 0.6 is 0 Å². The summed E-state index contributed by atoms with van der Waals surface area (Å²) in [6.45, 7) is 8.14. The van der Waals surface area contributed by atoms with Crippen molar-refractivity contribution in [1.82, 2.24) is 10.2 Å². The first-order valence-corrected chi connectivity index (χ1v) is 7.92. The van der Waals surface area contributed by atoms with E-state index in [-0.39, 0.29) is 0 Å². The van der Waals surface area contributed by atoms with Gasteiger partial charge in [-0.3, -0.25) is 0 Å². The molecule has 1 N–H and O–H groups in total. The Morgan fingerprint density at radius 1 is 1.11 bits per heavy atom. The molecule has 0 aromatic carbocycles. The van der Waals surface area contributed by atoms with Gasteiger partial charge in [0.25, 0.3) is 0 Å². The first-order chi connectivity index (χ1) is 8.52. The Bertz CT molecular complexity index is 205. The Kier molecular flexibility index (Phi) is 7.25. The first-order valence-electron chi connectivity index (χ1n) is 7.92. The van der Waals surface area contributed by atoms with Crippen LogP contribution in [0.2, 0.25) is 0 Å². The van der Waals surface area contributed by atoms with Gasteiger partial charge in [-0.2, -0.15) is 0 Å². The maximum atomic E-state index is 3.81. The smallest absolute Gasteiger partial charge is 0.0217 e. The summed E-state index contributed by atoms with van der Waals surface area (Å²) in [5.74, 6) is 1.79. The summed E-state index contributed by atoms with van der Waals surface area (Å²) in [5.41, 5.74) is 0. The van der Waals surface area contributed by atoms with E-state index < -0.39 is 0 Å². The van der Waals surface area contributed by atoms with Crippen LogP contribution in [0.15, 0.2) is 0 Å². The molecule has 0 spiro atoms. The average Bonchev–Trinajstić information content (AvgIpc) is 2.34. The van der Waals surface area contributed by atoms with E-state index in [1.807, 2.05) is 0 Å². The molecule has 0 saturated heterocycles. The highest BCUT2D eigenvalue weighted by Gasteiger charge is 2.21. The minimum absolute atomic E-state index is 0.689. The summed E-state index contributed by atoms with van der Waals surface area (Å²) < 4.78 is 0. The molecule has 0 aromatic rings. The van der Waals surface area contributed by atoms with Crippen LogP contribution in [0.5, 0.6) is 0 Å². The Balaban J connectivity index is 2.26. The summed E-state index contributed by atoms with van der Waals surface area (Å²) in [4.78, 5) is 2.38. The molecule has 1 saturated carbocycles. The second kappa shape index (κ2) is 8.16. The quantitative estimate of drug-likeness (QED) is 0.748. The molecule has 18 heavy (non-hydrogen) atoms. The SMILES string of the molecule is CCC1CCC(NCC(CC(C)C)N(C)C)CC1. The summed E-state index contributed by atoms with van der Waals surface area (Å²) in [5, 5.41) is 3.81. The number of nitrogens with zero attached hydrogens (tertiary/aromatic N) is 1. The fraction of sp³-hybridized carbons (Fsp3) is 1.00. The zero-order chi connectivity index (χ0) is 13.5. The summed E-state index contributed by atoms with van der Waals surface area (Å²) in [7, 11) is 4.42. The third kappa shape index (κ3) is 5.71. The van der Waals surface area contributed by atoms with Crippen molar-refractivity contribution in [1.29, 1.82) is 0 Å². The minimum Gasteiger partial charge on any atom is -0.312 e. The number of hydrogen-bond donors (Lipinski definition) is 1. The molecule has 0 bridgehead atoms. The van der Waals surface area contributed by atoms with Crippen LogP contribution in [0.4, 0.5) is 0 Å². The van der Waals surface area contributed by atoms with Gasteiger partial charge in [0.05, 0.1) is 0 Å².